The van der Waals surface area contributed by atoms with Crippen molar-refractivity contribution in [3.63, 3.8) is 0 Å². The Hall–Kier alpha value is -3.93. The monoisotopic (exact) mass is 604 g/mol. The zero-order valence-electron chi connectivity index (χ0n) is 23.3. The summed E-state index contributed by atoms with van der Waals surface area (Å²) in [6.07, 6.45) is -0.535. The van der Waals surface area contributed by atoms with Crippen LogP contribution >= 0.6 is 12.6 Å². The van der Waals surface area contributed by atoms with Gasteiger partial charge in [-0.05, 0) is 26.2 Å². The van der Waals surface area contributed by atoms with Crippen LogP contribution in [0.4, 0.5) is 0 Å². The normalized spacial score (nSPS) is 14.3. The van der Waals surface area contributed by atoms with Gasteiger partial charge in [-0.15, -0.1) is 0 Å². The van der Waals surface area contributed by atoms with Crippen molar-refractivity contribution in [2.75, 3.05) is 18.8 Å². The molecule has 0 saturated carbocycles. The Bertz CT molecular complexity index is 994. The number of thiol groups is 1. The lowest BCUT2D eigenvalue weighted by Crippen LogP contribution is -2.57. The summed E-state index contributed by atoms with van der Waals surface area (Å²) in [5.41, 5.74) is 10.3. The summed E-state index contributed by atoms with van der Waals surface area (Å²) in [5.74, 6) is -7.06. The molecular formula is C23H40N8O9S. The molecule has 0 saturated heterocycles. The maximum absolute atomic E-state index is 12.6. The molecule has 0 aromatic heterocycles. The first-order chi connectivity index (χ1) is 19.0. The van der Waals surface area contributed by atoms with Crippen molar-refractivity contribution in [3.8, 4) is 0 Å². The highest BCUT2D eigenvalue weighted by molar-refractivity contribution is 7.80. The third-order valence-corrected chi connectivity index (χ3v) is 5.69. The van der Waals surface area contributed by atoms with Gasteiger partial charge >= 0.3 is 5.97 Å². The Labute approximate surface area is 242 Å². The van der Waals surface area contributed by atoms with Gasteiger partial charge in [0, 0.05) is 5.75 Å². The number of aliphatic carboxylic acids is 1. The zero-order valence-corrected chi connectivity index (χ0v) is 24.2. The van der Waals surface area contributed by atoms with Gasteiger partial charge in [0.1, 0.15) is 30.2 Å². The summed E-state index contributed by atoms with van der Waals surface area (Å²) in [5, 5.41) is 23.1. The van der Waals surface area contributed by atoms with Crippen LogP contribution in [0.5, 0.6) is 0 Å². The summed E-state index contributed by atoms with van der Waals surface area (Å²) in [4.78, 5) is 96.3. The number of primary amides is 1. The van der Waals surface area contributed by atoms with Crippen LogP contribution in [-0.4, -0.2) is 101 Å². The van der Waals surface area contributed by atoms with Crippen molar-refractivity contribution in [1.82, 2.24) is 31.9 Å². The number of hydrogen-bond acceptors (Lipinski definition) is 10. The molecular weight excluding hydrogens is 564 g/mol. The minimum Gasteiger partial charge on any atom is -0.480 e. The molecule has 18 heteroatoms. The molecule has 7 amide bonds. The number of rotatable bonds is 18. The van der Waals surface area contributed by atoms with Gasteiger partial charge in [-0.1, -0.05) is 13.8 Å². The average molecular weight is 605 g/mol. The fourth-order valence-electron chi connectivity index (χ4n) is 3.17. The summed E-state index contributed by atoms with van der Waals surface area (Å²) < 4.78 is 0. The molecule has 5 atom stereocenters. The van der Waals surface area contributed by atoms with Crippen molar-refractivity contribution < 1.29 is 43.5 Å². The second-order valence-corrected chi connectivity index (χ2v) is 9.87. The number of carbonyl (C=O) groups is 8. The highest BCUT2D eigenvalue weighted by Crippen LogP contribution is 2.06. The lowest BCUT2D eigenvalue weighted by atomic mass is 10.0. The zero-order chi connectivity index (χ0) is 31.9. The number of carbonyl (C=O) groups excluding carboxylic acids is 7. The van der Waals surface area contributed by atoms with Crippen LogP contribution in [0, 0.1) is 5.92 Å². The van der Waals surface area contributed by atoms with E-state index in [1.165, 1.54) is 13.8 Å². The minimum atomic E-state index is -1.51. The van der Waals surface area contributed by atoms with E-state index in [1.54, 1.807) is 13.8 Å². The molecule has 0 fully saturated rings. The summed E-state index contributed by atoms with van der Waals surface area (Å²) >= 11 is 3.95. The molecule has 0 aliphatic heterocycles. The maximum atomic E-state index is 12.6. The number of amides is 7. The van der Waals surface area contributed by atoms with E-state index in [0.717, 1.165) is 0 Å². The first kappa shape index (κ1) is 37.1. The first-order valence-corrected chi connectivity index (χ1v) is 13.2. The third-order valence-electron chi connectivity index (χ3n) is 5.33. The molecule has 0 aromatic rings. The number of carboxylic acid groups (broad SMARTS) is 1. The quantitative estimate of drug-likeness (QED) is 0.0669. The Morgan fingerprint density at radius 1 is 0.707 bits per heavy atom. The largest absolute Gasteiger partial charge is 0.480 e. The SMILES string of the molecule is CC(C)C[C@H](NC(=O)[C@H](CC(N)=O)NC(=O)[C@H](C)NC(=O)[C@H](C)NC(=O)CNC(=O)[C@H](CS)NC(=O)CN)C(=O)O. The van der Waals surface area contributed by atoms with Crippen molar-refractivity contribution in [1.29, 1.82) is 0 Å². The summed E-state index contributed by atoms with van der Waals surface area (Å²) in [7, 11) is 0. The van der Waals surface area contributed by atoms with Crippen LogP contribution in [0.1, 0.15) is 40.5 Å². The van der Waals surface area contributed by atoms with Gasteiger partial charge in [-0.2, -0.15) is 12.6 Å². The smallest absolute Gasteiger partial charge is 0.326 e. The molecule has 11 N–H and O–H groups in total. The standard InChI is InChI=1S/C23H40N8O9S/c1-10(2)5-14(23(39)40)31-22(38)13(6-16(25)32)30-20(36)12(4)28-19(35)11(3)27-18(34)8-26-21(37)15(9-41)29-17(33)7-24/h10-15,41H,5-9,24H2,1-4H3,(H2,25,32)(H,26,37)(H,27,34)(H,28,35)(H,29,33)(H,30,36)(H,31,38)(H,39,40)/t11-,12-,13-,14-,15-/m0/s1. The van der Waals surface area contributed by atoms with Gasteiger partial charge in [0.05, 0.1) is 19.5 Å². The van der Waals surface area contributed by atoms with E-state index in [4.69, 9.17) is 11.5 Å². The second kappa shape index (κ2) is 18.4. The van der Waals surface area contributed by atoms with Crippen LogP contribution in [0.25, 0.3) is 0 Å². The van der Waals surface area contributed by atoms with Crippen molar-refractivity contribution >= 4 is 59.9 Å². The number of hydrogen-bond donors (Lipinski definition) is 10. The van der Waals surface area contributed by atoms with Crippen LogP contribution in [0.3, 0.4) is 0 Å². The Balaban J connectivity index is 5.03. The van der Waals surface area contributed by atoms with E-state index in [1.807, 2.05) is 0 Å². The molecule has 0 heterocycles. The van der Waals surface area contributed by atoms with Gasteiger partial charge < -0.3 is 48.5 Å². The average Bonchev–Trinajstić information content (AvgIpc) is 2.88. The third kappa shape index (κ3) is 14.9. The predicted octanol–water partition coefficient (Wildman–Crippen LogP) is -4.54. The minimum absolute atomic E-state index is 0.0575. The van der Waals surface area contributed by atoms with Crippen LogP contribution in [-0.2, 0) is 38.4 Å². The maximum Gasteiger partial charge on any atom is 0.326 e. The van der Waals surface area contributed by atoms with Crippen LogP contribution in [0.2, 0.25) is 0 Å². The van der Waals surface area contributed by atoms with E-state index in [0.29, 0.717) is 0 Å². The highest BCUT2D eigenvalue weighted by atomic mass is 32.1. The van der Waals surface area contributed by atoms with E-state index < -0.39 is 90.5 Å². The fraction of sp³-hybridized carbons (Fsp3) is 0.652. The van der Waals surface area contributed by atoms with E-state index >= 15 is 0 Å². The molecule has 0 bridgehead atoms. The summed E-state index contributed by atoms with van der Waals surface area (Å²) in [6.45, 7) is 5.20. The van der Waals surface area contributed by atoms with Crippen LogP contribution in [0.15, 0.2) is 0 Å². The van der Waals surface area contributed by atoms with Crippen LogP contribution < -0.4 is 43.4 Å². The molecule has 0 unspecified atom stereocenters. The van der Waals surface area contributed by atoms with Gasteiger partial charge in [0.25, 0.3) is 0 Å². The summed E-state index contributed by atoms with van der Waals surface area (Å²) in [6, 6.07) is -6.23. The molecule has 0 rings (SSSR count). The Morgan fingerprint density at radius 2 is 1.24 bits per heavy atom. The van der Waals surface area contributed by atoms with Crippen molar-refractivity contribution in [2.24, 2.45) is 17.4 Å². The molecule has 17 nitrogen and oxygen atoms in total. The number of nitrogens with two attached hydrogens (primary N) is 2. The Morgan fingerprint density at radius 3 is 1.73 bits per heavy atom. The molecule has 0 aromatic carbocycles. The van der Waals surface area contributed by atoms with Crippen molar-refractivity contribution in [3.05, 3.63) is 0 Å². The second-order valence-electron chi connectivity index (χ2n) is 9.50. The molecule has 0 aliphatic rings. The van der Waals surface area contributed by atoms with Crippen molar-refractivity contribution in [2.45, 2.75) is 70.7 Å². The predicted molar refractivity (Wildman–Crippen MR) is 148 cm³/mol. The Kier molecular flexibility index (Phi) is 16.7. The van der Waals surface area contributed by atoms with Gasteiger partial charge in [0.2, 0.25) is 41.4 Å². The molecule has 232 valence electrons. The van der Waals surface area contributed by atoms with E-state index in [-0.39, 0.29) is 24.6 Å². The molecule has 0 spiro atoms. The van der Waals surface area contributed by atoms with Gasteiger partial charge in [-0.25, -0.2) is 4.79 Å². The van der Waals surface area contributed by atoms with Gasteiger partial charge in [-0.3, -0.25) is 33.6 Å². The molecule has 0 aliphatic carbocycles. The highest BCUT2D eigenvalue weighted by Gasteiger charge is 2.30. The number of carboxylic acids is 1. The molecule has 0 radical (unpaired) electrons. The van der Waals surface area contributed by atoms with E-state index in [2.05, 4.69) is 44.5 Å². The van der Waals surface area contributed by atoms with E-state index in [9.17, 15) is 43.5 Å². The first-order valence-electron chi connectivity index (χ1n) is 12.6. The van der Waals surface area contributed by atoms with Gasteiger partial charge in [0.15, 0.2) is 0 Å². The number of nitrogens with one attached hydrogen (secondary N) is 6. The lowest BCUT2D eigenvalue weighted by Gasteiger charge is -2.24. The topological polar surface area (TPSA) is 281 Å². The fourth-order valence-corrected chi connectivity index (χ4v) is 3.43. The lowest BCUT2D eigenvalue weighted by molar-refractivity contribution is -0.143. The molecule has 41 heavy (non-hydrogen) atoms.